The summed E-state index contributed by atoms with van der Waals surface area (Å²) in [6, 6.07) is 6.29. The van der Waals surface area contributed by atoms with Gasteiger partial charge in [-0.2, -0.15) is 0 Å². The monoisotopic (exact) mass is 441 g/mol. The smallest absolute Gasteiger partial charge is 0.408 e. The number of ether oxygens (including phenoxy) is 1. The van der Waals surface area contributed by atoms with Crippen LogP contribution in [0.1, 0.15) is 63.9 Å². The van der Waals surface area contributed by atoms with Gasteiger partial charge < -0.3 is 19.5 Å². The molecule has 1 amide bonds. The van der Waals surface area contributed by atoms with E-state index in [2.05, 4.69) is 52.0 Å². The summed E-state index contributed by atoms with van der Waals surface area (Å²) in [5, 5.41) is 3.12. The normalized spacial score (nSPS) is 19.3. The average molecular weight is 442 g/mol. The van der Waals surface area contributed by atoms with Gasteiger partial charge >= 0.3 is 6.09 Å². The molecule has 176 valence electrons. The third kappa shape index (κ3) is 5.81. The van der Waals surface area contributed by atoms with Crippen LogP contribution >= 0.6 is 0 Å². The van der Waals surface area contributed by atoms with Crippen LogP contribution in [-0.4, -0.2) is 64.3 Å². The first-order chi connectivity index (χ1) is 15.2. The van der Waals surface area contributed by atoms with Gasteiger partial charge in [-0.3, -0.25) is 4.90 Å². The van der Waals surface area contributed by atoms with Crippen molar-refractivity contribution in [3.63, 3.8) is 0 Å². The van der Waals surface area contributed by atoms with E-state index in [0.717, 1.165) is 68.3 Å². The molecule has 1 saturated carbocycles. The number of benzene rings is 1. The molecule has 2 aliphatic rings. The first-order valence-corrected chi connectivity index (χ1v) is 12.0. The van der Waals surface area contributed by atoms with Crippen molar-refractivity contribution in [2.45, 2.75) is 64.6 Å². The van der Waals surface area contributed by atoms with Crippen LogP contribution in [0.4, 0.5) is 4.79 Å². The lowest BCUT2D eigenvalue weighted by Gasteiger charge is -2.32. The van der Waals surface area contributed by atoms with Gasteiger partial charge in [0.2, 0.25) is 0 Å². The largest absolute Gasteiger partial charge is 0.444 e. The lowest BCUT2D eigenvalue weighted by Crippen LogP contribution is -2.43. The molecule has 1 aliphatic heterocycles. The van der Waals surface area contributed by atoms with Crippen molar-refractivity contribution in [2.24, 2.45) is 13.0 Å². The lowest BCUT2D eigenvalue weighted by atomic mass is 10.1. The number of rotatable bonds is 7. The number of fused-ring (bicyclic) bond motifs is 1. The fraction of sp³-hybridized carbons (Fsp3) is 0.680. The van der Waals surface area contributed by atoms with Gasteiger partial charge in [0.15, 0.2) is 0 Å². The molecule has 0 radical (unpaired) electrons. The van der Waals surface area contributed by atoms with Crippen molar-refractivity contribution in [3.05, 3.63) is 29.6 Å². The summed E-state index contributed by atoms with van der Waals surface area (Å²) in [4.78, 5) is 22.6. The molecule has 1 aliphatic carbocycles. The molecule has 0 bridgehead atoms. The van der Waals surface area contributed by atoms with Crippen molar-refractivity contribution in [3.8, 4) is 0 Å². The Morgan fingerprint density at radius 3 is 2.56 bits per heavy atom. The second kappa shape index (κ2) is 9.40. The van der Waals surface area contributed by atoms with Gasteiger partial charge in [0.1, 0.15) is 11.4 Å². The van der Waals surface area contributed by atoms with E-state index < -0.39 is 5.60 Å². The van der Waals surface area contributed by atoms with Gasteiger partial charge in [0.25, 0.3) is 0 Å². The van der Waals surface area contributed by atoms with Crippen LogP contribution in [0.15, 0.2) is 18.2 Å². The number of carbonyl (C=O) groups excluding carboxylic acids is 1. The topological polar surface area (TPSA) is 62.6 Å². The van der Waals surface area contributed by atoms with Gasteiger partial charge in [0.05, 0.1) is 17.1 Å². The Bertz CT molecular complexity index is 936. The van der Waals surface area contributed by atoms with Crippen LogP contribution in [0.2, 0.25) is 0 Å². The van der Waals surface area contributed by atoms with Gasteiger partial charge in [-0.05, 0) is 58.2 Å². The molecule has 1 saturated heterocycles. The lowest BCUT2D eigenvalue weighted by molar-refractivity contribution is 0.0497. The van der Waals surface area contributed by atoms with Gasteiger partial charge in [-0.25, -0.2) is 9.78 Å². The zero-order valence-corrected chi connectivity index (χ0v) is 20.4. The number of aryl methyl sites for hydroxylation is 1. The minimum atomic E-state index is -0.521. The number of likely N-dealkylation sites (N-methyl/N-ethyl adjacent to an activating group) is 1. The van der Waals surface area contributed by atoms with Crippen molar-refractivity contribution in [1.82, 2.24) is 24.7 Å². The number of aromatic nitrogens is 2. The molecule has 1 aromatic heterocycles. The number of nitrogens with zero attached hydrogens (tertiary/aromatic N) is 4. The molecule has 1 unspecified atom stereocenters. The molecule has 4 rings (SSSR count). The summed E-state index contributed by atoms with van der Waals surface area (Å²) in [6.45, 7) is 11.0. The number of piperazine rings is 1. The summed E-state index contributed by atoms with van der Waals surface area (Å²) < 4.78 is 7.71. The second-order valence-electron chi connectivity index (χ2n) is 10.6. The minimum Gasteiger partial charge on any atom is -0.444 e. The Hall–Kier alpha value is -2.12. The molecule has 2 heterocycles. The van der Waals surface area contributed by atoms with Crippen molar-refractivity contribution in [2.75, 3.05) is 33.2 Å². The molecule has 1 aromatic carbocycles. The maximum Gasteiger partial charge on any atom is 0.408 e. The van der Waals surface area contributed by atoms with Crippen LogP contribution < -0.4 is 5.32 Å². The zero-order valence-electron chi connectivity index (χ0n) is 20.4. The standard InChI is InChI=1S/C25H39N5O2/c1-25(2,3)32-24(31)26-20(12-11-18-9-10-18)23-27-22-19(7-6-8-21(22)29(23)5)17-30-15-13-28(4)14-16-30/h6-8,18,20H,9-17H2,1-5H3,(H,26,31). The fourth-order valence-corrected chi connectivity index (χ4v) is 4.50. The quantitative estimate of drug-likeness (QED) is 0.702. The molecular weight excluding hydrogens is 402 g/mol. The number of hydrogen-bond acceptors (Lipinski definition) is 5. The summed E-state index contributed by atoms with van der Waals surface area (Å²) >= 11 is 0. The maximum absolute atomic E-state index is 12.6. The van der Waals surface area contributed by atoms with E-state index in [1.165, 1.54) is 18.4 Å². The SMILES string of the molecule is CN1CCN(Cc2cccc3c2nc(C(CCC2CC2)NC(=O)OC(C)(C)C)n3C)CC1. The fourth-order valence-electron chi connectivity index (χ4n) is 4.50. The highest BCUT2D eigenvalue weighted by Gasteiger charge is 2.28. The summed E-state index contributed by atoms with van der Waals surface area (Å²) in [6.07, 6.45) is 4.23. The van der Waals surface area contributed by atoms with E-state index in [0.29, 0.717) is 0 Å². The zero-order chi connectivity index (χ0) is 22.9. The van der Waals surface area contributed by atoms with Crippen molar-refractivity contribution < 1.29 is 9.53 Å². The molecule has 0 spiro atoms. The predicted molar refractivity (Wildman–Crippen MR) is 128 cm³/mol. The number of para-hydroxylation sites is 1. The maximum atomic E-state index is 12.6. The van der Waals surface area contributed by atoms with Crippen LogP contribution in [0, 0.1) is 5.92 Å². The van der Waals surface area contributed by atoms with E-state index in [1.54, 1.807) is 0 Å². The van der Waals surface area contributed by atoms with Crippen molar-refractivity contribution in [1.29, 1.82) is 0 Å². The average Bonchev–Trinajstić information content (AvgIpc) is 3.48. The molecule has 7 nitrogen and oxygen atoms in total. The summed E-state index contributed by atoms with van der Waals surface area (Å²) in [5.74, 6) is 1.71. The number of alkyl carbamates (subject to hydrolysis) is 1. The molecule has 1 N–H and O–H groups in total. The van der Waals surface area contributed by atoms with Crippen molar-refractivity contribution >= 4 is 17.1 Å². The first-order valence-electron chi connectivity index (χ1n) is 12.0. The summed E-state index contributed by atoms with van der Waals surface area (Å²) in [7, 11) is 4.24. The number of carbonyl (C=O) groups is 1. The minimum absolute atomic E-state index is 0.153. The Kier molecular flexibility index (Phi) is 6.77. The van der Waals surface area contributed by atoms with E-state index in [9.17, 15) is 4.79 Å². The number of hydrogen-bond donors (Lipinski definition) is 1. The van der Waals surface area contributed by atoms with Crippen LogP contribution in [0.5, 0.6) is 0 Å². The Balaban J connectivity index is 1.58. The molecule has 2 fully saturated rings. The van der Waals surface area contributed by atoms with E-state index >= 15 is 0 Å². The van der Waals surface area contributed by atoms with Gasteiger partial charge in [0, 0.05) is 39.8 Å². The van der Waals surface area contributed by atoms with E-state index in [1.807, 2.05) is 20.8 Å². The highest BCUT2D eigenvalue weighted by molar-refractivity contribution is 5.80. The summed E-state index contributed by atoms with van der Waals surface area (Å²) in [5.41, 5.74) is 2.90. The predicted octanol–water partition coefficient (Wildman–Crippen LogP) is 4.08. The Morgan fingerprint density at radius 2 is 1.91 bits per heavy atom. The van der Waals surface area contributed by atoms with Gasteiger partial charge in [-0.15, -0.1) is 0 Å². The molecule has 32 heavy (non-hydrogen) atoms. The highest BCUT2D eigenvalue weighted by atomic mass is 16.6. The number of imidazole rings is 1. The third-order valence-electron chi connectivity index (χ3n) is 6.58. The van der Waals surface area contributed by atoms with Gasteiger partial charge in [-0.1, -0.05) is 25.0 Å². The Labute approximate surface area is 192 Å². The Morgan fingerprint density at radius 1 is 1.19 bits per heavy atom. The highest BCUT2D eigenvalue weighted by Crippen LogP contribution is 2.36. The second-order valence-corrected chi connectivity index (χ2v) is 10.6. The van der Waals surface area contributed by atoms with E-state index in [4.69, 9.17) is 9.72 Å². The molecule has 7 heteroatoms. The number of amides is 1. The van der Waals surface area contributed by atoms with Crippen LogP contribution in [0.25, 0.3) is 11.0 Å². The molecule has 1 atom stereocenters. The van der Waals surface area contributed by atoms with Crippen LogP contribution in [0.3, 0.4) is 0 Å². The third-order valence-corrected chi connectivity index (χ3v) is 6.58. The molecular formula is C25H39N5O2. The number of nitrogens with one attached hydrogen (secondary N) is 1. The van der Waals surface area contributed by atoms with Crippen LogP contribution in [-0.2, 0) is 18.3 Å². The molecule has 2 aromatic rings. The van der Waals surface area contributed by atoms with E-state index in [-0.39, 0.29) is 12.1 Å². The first kappa shape index (κ1) is 23.1.